The number of likely N-dealkylation sites (tertiary alicyclic amines) is 1. The number of carboxylic acids is 1. The van der Waals surface area contributed by atoms with Crippen molar-refractivity contribution in [1.82, 2.24) is 10.2 Å². The third-order valence-electron chi connectivity index (χ3n) is 4.13. The molecular weight excluding hydrogens is 384 g/mol. The summed E-state index contributed by atoms with van der Waals surface area (Å²) >= 11 is 12.0. The summed E-state index contributed by atoms with van der Waals surface area (Å²) in [5.74, 6) is -5.36. The maximum Gasteiger partial charge on any atom is 0.394 e. The van der Waals surface area contributed by atoms with Gasteiger partial charge < -0.3 is 15.3 Å². The Bertz CT molecular complexity index is 684. The van der Waals surface area contributed by atoms with Gasteiger partial charge in [0.15, 0.2) is 0 Å². The largest absolute Gasteiger partial charge is 0.481 e. The highest BCUT2D eigenvalue weighted by Gasteiger charge is 2.53. The summed E-state index contributed by atoms with van der Waals surface area (Å²) in [5, 5.41) is 12.0. The van der Waals surface area contributed by atoms with Gasteiger partial charge in [0.1, 0.15) is 0 Å². The van der Waals surface area contributed by atoms with Gasteiger partial charge in [-0.3, -0.25) is 4.79 Å². The summed E-state index contributed by atoms with van der Waals surface area (Å²) in [7, 11) is 0. The average Bonchev–Trinajstić information content (AvgIpc) is 2.95. The topological polar surface area (TPSA) is 69.6 Å². The minimum absolute atomic E-state index is 0.231. The molecule has 25 heavy (non-hydrogen) atoms. The number of nitrogens with zero attached hydrogens (tertiary/aromatic N) is 1. The molecule has 0 aromatic heterocycles. The maximum absolute atomic E-state index is 13.0. The van der Waals surface area contributed by atoms with Crippen molar-refractivity contribution in [3.05, 3.63) is 33.8 Å². The van der Waals surface area contributed by atoms with Gasteiger partial charge in [0.05, 0.1) is 27.9 Å². The molecule has 1 heterocycles. The Morgan fingerprint density at radius 2 is 1.96 bits per heavy atom. The Labute approximate surface area is 151 Å². The first-order valence-corrected chi connectivity index (χ1v) is 8.06. The van der Waals surface area contributed by atoms with E-state index in [0.717, 1.165) is 4.90 Å². The van der Waals surface area contributed by atoms with Gasteiger partial charge in [-0.15, -0.1) is 0 Å². The van der Waals surface area contributed by atoms with Crippen molar-refractivity contribution in [2.24, 2.45) is 11.8 Å². The van der Waals surface area contributed by atoms with Crippen molar-refractivity contribution in [3.8, 4) is 0 Å². The first kappa shape index (κ1) is 19.7. The van der Waals surface area contributed by atoms with E-state index >= 15 is 0 Å². The molecule has 1 fully saturated rings. The molecule has 0 saturated carbocycles. The number of halogens is 5. The van der Waals surface area contributed by atoms with Crippen LogP contribution in [0.4, 0.5) is 18.0 Å². The second-order valence-corrected chi connectivity index (χ2v) is 6.60. The SMILES string of the molecule is C[C@@H](NC(=O)N1C[C@@H](C(F)(F)F)[C@H](C(=O)O)C1)c1cccc(Cl)c1Cl. The van der Waals surface area contributed by atoms with Crippen LogP contribution in [0.3, 0.4) is 0 Å². The standard InChI is InChI=1S/C15H15Cl2F3N2O3/c1-7(8-3-2-4-11(16)12(8)17)21-14(25)22-5-9(13(23)24)10(6-22)15(18,19)20/h2-4,7,9-10H,5-6H2,1H3,(H,21,25)(H,23,24)/t7-,9-,10-/m1/s1. The van der Waals surface area contributed by atoms with E-state index in [-0.39, 0.29) is 10.0 Å². The molecular formula is C15H15Cl2F3N2O3. The van der Waals surface area contributed by atoms with Crippen LogP contribution in [-0.4, -0.2) is 41.3 Å². The summed E-state index contributed by atoms with van der Waals surface area (Å²) in [4.78, 5) is 24.2. The fourth-order valence-corrected chi connectivity index (χ4v) is 3.23. The predicted molar refractivity (Wildman–Crippen MR) is 85.7 cm³/mol. The van der Waals surface area contributed by atoms with Crippen LogP contribution in [0, 0.1) is 11.8 Å². The van der Waals surface area contributed by atoms with E-state index in [1.807, 2.05) is 0 Å². The van der Waals surface area contributed by atoms with Crippen molar-refractivity contribution in [3.63, 3.8) is 0 Å². The third kappa shape index (κ3) is 4.30. The molecule has 0 aliphatic carbocycles. The first-order chi connectivity index (χ1) is 11.5. The van der Waals surface area contributed by atoms with Gasteiger partial charge in [-0.2, -0.15) is 13.2 Å². The van der Waals surface area contributed by atoms with Crippen molar-refractivity contribution in [2.75, 3.05) is 13.1 Å². The Balaban J connectivity index is 2.11. The molecule has 0 radical (unpaired) electrons. The molecule has 1 aromatic carbocycles. The van der Waals surface area contributed by atoms with E-state index < -0.39 is 49.1 Å². The zero-order valence-corrected chi connectivity index (χ0v) is 14.5. The Hall–Kier alpha value is -1.67. The number of benzene rings is 1. The van der Waals surface area contributed by atoms with Crippen molar-refractivity contribution < 1.29 is 27.9 Å². The quantitative estimate of drug-likeness (QED) is 0.809. The van der Waals surface area contributed by atoms with E-state index in [1.54, 1.807) is 25.1 Å². The summed E-state index contributed by atoms with van der Waals surface area (Å²) in [5.41, 5.74) is 0.504. The fourth-order valence-electron chi connectivity index (χ4n) is 2.76. The summed E-state index contributed by atoms with van der Waals surface area (Å²) in [6, 6.07) is 3.41. The average molecular weight is 399 g/mol. The Morgan fingerprint density at radius 1 is 1.32 bits per heavy atom. The van der Waals surface area contributed by atoms with Crippen LogP contribution < -0.4 is 5.32 Å². The van der Waals surface area contributed by atoms with Gasteiger partial charge in [-0.1, -0.05) is 35.3 Å². The van der Waals surface area contributed by atoms with Crippen LogP contribution in [0.15, 0.2) is 18.2 Å². The zero-order valence-electron chi connectivity index (χ0n) is 13.0. The van der Waals surface area contributed by atoms with Gasteiger partial charge in [0.25, 0.3) is 0 Å². The molecule has 2 amide bonds. The number of alkyl halides is 3. The van der Waals surface area contributed by atoms with E-state index in [9.17, 15) is 22.8 Å². The normalized spacial score (nSPS) is 21.9. The number of carboxylic acid groups (broad SMARTS) is 1. The maximum atomic E-state index is 13.0. The minimum atomic E-state index is -4.69. The highest BCUT2D eigenvalue weighted by molar-refractivity contribution is 6.42. The molecule has 1 aromatic rings. The van der Waals surface area contributed by atoms with Crippen LogP contribution in [0.2, 0.25) is 10.0 Å². The van der Waals surface area contributed by atoms with Gasteiger partial charge >= 0.3 is 18.2 Å². The number of aliphatic carboxylic acids is 1. The molecule has 1 aliphatic heterocycles. The van der Waals surface area contributed by atoms with Crippen LogP contribution >= 0.6 is 23.2 Å². The lowest BCUT2D eigenvalue weighted by atomic mass is 9.96. The van der Waals surface area contributed by atoms with E-state index in [0.29, 0.717) is 5.56 Å². The molecule has 0 spiro atoms. The molecule has 5 nitrogen and oxygen atoms in total. The molecule has 0 unspecified atom stereocenters. The lowest BCUT2D eigenvalue weighted by molar-refractivity contribution is -0.187. The number of rotatable bonds is 3. The minimum Gasteiger partial charge on any atom is -0.481 e. The van der Waals surface area contributed by atoms with E-state index in [1.165, 1.54) is 0 Å². The van der Waals surface area contributed by atoms with Crippen LogP contribution in [0.5, 0.6) is 0 Å². The molecule has 1 aliphatic rings. The van der Waals surface area contributed by atoms with Crippen molar-refractivity contribution in [2.45, 2.75) is 19.1 Å². The number of hydrogen-bond donors (Lipinski definition) is 2. The second kappa shape index (κ2) is 7.29. The lowest BCUT2D eigenvalue weighted by Gasteiger charge is -2.22. The molecule has 10 heteroatoms. The summed E-state index contributed by atoms with van der Waals surface area (Å²) < 4.78 is 38.9. The summed E-state index contributed by atoms with van der Waals surface area (Å²) in [6.07, 6.45) is -4.69. The van der Waals surface area contributed by atoms with Crippen LogP contribution in [0.1, 0.15) is 18.5 Å². The van der Waals surface area contributed by atoms with Gasteiger partial charge in [0, 0.05) is 13.1 Å². The smallest absolute Gasteiger partial charge is 0.394 e. The Kier molecular flexibility index (Phi) is 5.73. The first-order valence-electron chi connectivity index (χ1n) is 7.31. The molecule has 138 valence electrons. The second-order valence-electron chi connectivity index (χ2n) is 5.81. The third-order valence-corrected chi connectivity index (χ3v) is 4.97. The summed E-state index contributed by atoms with van der Waals surface area (Å²) in [6.45, 7) is 0.380. The number of hydrogen-bond acceptors (Lipinski definition) is 2. The molecule has 2 N–H and O–H groups in total. The highest BCUT2D eigenvalue weighted by atomic mass is 35.5. The fraction of sp³-hybridized carbons (Fsp3) is 0.467. The van der Waals surface area contributed by atoms with E-state index in [4.69, 9.17) is 28.3 Å². The molecule has 0 bridgehead atoms. The van der Waals surface area contributed by atoms with Gasteiger partial charge in [0.2, 0.25) is 0 Å². The number of carbonyl (C=O) groups excluding carboxylic acids is 1. The Morgan fingerprint density at radius 3 is 2.48 bits per heavy atom. The molecule has 1 saturated heterocycles. The molecule has 3 atom stereocenters. The van der Waals surface area contributed by atoms with Gasteiger partial charge in [-0.05, 0) is 18.6 Å². The van der Waals surface area contributed by atoms with Crippen molar-refractivity contribution in [1.29, 1.82) is 0 Å². The lowest BCUT2D eigenvalue weighted by Crippen LogP contribution is -2.40. The predicted octanol–water partition coefficient (Wildman–Crippen LogP) is 3.96. The molecule has 2 rings (SSSR count). The number of nitrogens with one attached hydrogen (secondary N) is 1. The number of amides is 2. The van der Waals surface area contributed by atoms with Crippen LogP contribution in [-0.2, 0) is 4.79 Å². The van der Waals surface area contributed by atoms with Crippen molar-refractivity contribution >= 4 is 35.2 Å². The van der Waals surface area contributed by atoms with Crippen LogP contribution in [0.25, 0.3) is 0 Å². The van der Waals surface area contributed by atoms with Gasteiger partial charge in [-0.25, -0.2) is 4.79 Å². The number of carbonyl (C=O) groups is 2. The highest BCUT2D eigenvalue weighted by Crippen LogP contribution is 2.38. The zero-order chi connectivity index (χ0) is 18.9. The monoisotopic (exact) mass is 398 g/mol. The number of urea groups is 1. The van der Waals surface area contributed by atoms with E-state index in [2.05, 4.69) is 5.32 Å².